The van der Waals surface area contributed by atoms with Crippen molar-refractivity contribution in [3.63, 3.8) is 0 Å². The molecule has 0 aliphatic carbocycles. The van der Waals surface area contributed by atoms with Gasteiger partial charge in [-0.15, -0.1) is 0 Å². The van der Waals surface area contributed by atoms with Crippen LogP contribution in [-0.2, 0) is 18.9 Å². The lowest BCUT2D eigenvalue weighted by Crippen LogP contribution is -2.18. The zero-order chi connectivity index (χ0) is 16.3. The topological polar surface area (TPSA) is 77.4 Å². The molecule has 2 N–H and O–H groups in total. The highest BCUT2D eigenvalue weighted by atomic mass is 16.7. The molecule has 4 unspecified atom stereocenters. The summed E-state index contributed by atoms with van der Waals surface area (Å²) in [7, 11) is 0. The van der Waals surface area contributed by atoms with Gasteiger partial charge in [0.05, 0.1) is 38.6 Å². The monoisotopic (exact) mass is 332 g/mol. The third-order valence-corrected chi connectivity index (χ3v) is 4.34. The molecule has 23 heavy (non-hydrogen) atoms. The summed E-state index contributed by atoms with van der Waals surface area (Å²) in [5.41, 5.74) is 0. The smallest absolute Gasteiger partial charge is 0.157 e. The van der Waals surface area contributed by atoms with Gasteiger partial charge in [0, 0.05) is 0 Å². The fraction of sp³-hybridized carbons (Fsp3) is 1.00. The summed E-state index contributed by atoms with van der Waals surface area (Å²) >= 11 is 0. The molecule has 6 nitrogen and oxygen atoms in total. The van der Waals surface area contributed by atoms with E-state index in [2.05, 4.69) is 0 Å². The van der Waals surface area contributed by atoms with Crippen LogP contribution in [0, 0.1) is 0 Å². The summed E-state index contributed by atoms with van der Waals surface area (Å²) in [4.78, 5) is 0. The van der Waals surface area contributed by atoms with Crippen LogP contribution in [0.1, 0.15) is 57.8 Å². The van der Waals surface area contributed by atoms with Crippen molar-refractivity contribution in [2.45, 2.75) is 82.6 Å². The fourth-order valence-electron chi connectivity index (χ4n) is 2.86. The van der Waals surface area contributed by atoms with Gasteiger partial charge in [0.1, 0.15) is 0 Å². The Labute approximate surface area is 139 Å². The van der Waals surface area contributed by atoms with Gasteiger partial charge >= 0.3 is 0 Å². The van der Waals surface area contributed by atoms with Gasteiger partial charge in [-0.3, -0.25) is 0 Å². The lowest BCUT2D eigenvalue weighted by molar-refractivity contribution is -0.136. The molecule has 0 aromatic rings. The maximum Gasteiger partial charge on any atom is 0.157 e. The van der Waals surface area contributed by atoms with E-state index in [1.54, 1.807) is 0 Å². The predicted molar refractivity (Wildman–Crippen MR) is 85.0 cm³/mol. The van der Waals surface area contributed by atoms with Crippen molar-refractivity contribution < 1.29 is 29.2 Å². The van der Waals surface area contributed by atoms with Crippen LogP contribution in [0.3, 0.4) is 0 Å². The molecule has 0 amide bonds. The summed E-state index contributed by atoms with van der Waals surface area (Å²) in [6.45, 7) is 1.95. The molecule has 2 fully saturated rings. The Bertz CT molecular complexity index is 273. The minimum Gasteiger partial charge on any atom is -0.391 e. The van der Waals surface area contributed by atoms with Gasteiger partial charge in [0.25, 0.3) is 0 Å². The van der Waals surface area contributed by atoms with E-state index in [0.29, 0.717) is 39.3 Å². The highest BCUT2D eigenvalue weighted by Crippen LogP contribution is 2.17. The van der Waals surface area contributed by atoms with E-state index in [1.165, 1.54) is 6.42 Å². The summed E-state index contributed by atoms with van der Waals surface area (Å²) in [6, 6.07) is 0. The van der Waals surface area contributed by atoms with Crippen LogP contribution in [-0.4, -0.2) is 61.4 Å². The van der Waals surface area contributed by atoms with E-state index in [4.69, 9.17) is 18.9 Å². The van der Waals surface area contributed by atoms with Crippen LogP contribution in [0.2, 0.25) is 0 Å². The van der Waals surface area contributed by atoms with Crippen molar-refractivity contribution in [3.05, 3.63) is 0 Å². The molecule has 6 heteroatoms. The highest BCUT2D eigenvalue weighted by Gasteiger charge is 2.18. The molecule has 0 bridgehead atoms. The molecule has 0 radical (unpaired) electrons. The van der Waals surface area contributed by atoms with Crippen LogP contribution in [0.5, 0.6) is 0 Å². The Kier molecular flexibility index (Phi) is 9.41. The SMILES string of the molecule is OC1CCOC(CCCCCCCC2OCCC(O)CO2)OC1. The molecule has 2 aliphatic heterocycles. The summed E-state index contributed by atoms with van der Waals surface area (Å²) in [5.74, 6) is 0. The molecule has 2 saturated heterocycles. The van der Waals surface area contributed by atoms with Crippen LogP contribution in [0.4, 0.5) is 0 Å². The van der Waals surface area contributed by atoms with E-state index < -0.39 is 0 Å². The zero-order valence-corrected chi connectivity index (χ0v) is 14.0. The third-order valence-electron chi connectivity index (χ3n) is 4.34. The quantitative estimate of drug-likeness (QED) is 0.662. The van der Waals surface area contributed by atoms with Crippen molar-refractivity contribution in [1.82, 2.24) is 0 Å². The Morgan fingerprint density at radius 1 is 0.609 bits per heavy atom. The maximum atomic E-state index is 9.48. The molecule has 0 aromatic heterocycles. The molecule has 0 spiro atoms. The van der Waals surface area contributed by atoms with Crippen LogP contribution < -0.4 is 0 Å². The Hall–Kier alpha value is -0.240. The second-order valence-corrected chi connectivity index (χ2v) is 6.50. The number of aliphatic hydroxyl groups excluding tert-OH is 2. The minimum atomic E-state index is -0.380. The first-order valence-electron chi connectivity index (χ1n) is 9.06. The van der Waals surface area contributed by atoms with E-state index in [-0.39, 0.29) is 24.8 Å². The van der Waals surface area contributed by atoms with E-state index >= 15 is 0 Å². The first-order valence-corrected chi connectivity index (χ1v) is 9.06. The predicted octanol–water partition coefficient (Wildman–Crippen LogP) is 1.96. The van der Waals surface area contributed by atoms with Gasteiger partial charge in [0.2, 0.25) is 0 Å². The average Bonchev–Trinajstić information content (AvgIpc) is 2.87. The van der Waals surface area contributed by atoms with Gasteiger partial charge in [-0.2, -0.15) is 0 Å². The number of hydrogen-bond acceptors (Lipinski definition) is 6. The van der Waals surface area contributed by atoms with Gasteiger partial charge in [0.15, 0.2) is 12.6 Å². The molecule has 136 valence electrons. The number of unbranched alkanes of at least 4 members (excludes halogenated alkanes) is 4. The molecule has 2 aliphatic rings. The molecular formula is C17H32O6. The Morgan fingerprint density at radius 3 is 1.52 bits per heavy atom. The normalized spacial score (nSPS) is 33.1. The van der Waals surface area contributed by atoms with Crippen molar-refractivity contribution in [3.8, 4) is 0 Å². The lowest BCUT2D eigenvalue weighted by Gasteiger charge is -2.16. The van der Waals surface area contributed by atoms with Crippen molar-refractivity contribution in [1.29, 1.82) is 0 Å². The van der Waals surface area contributed by atoms with Crippen molar-refractivity contribution in [2.75, 3.05) is 26.4 Å². The largest absolute Gasteiger partial charge is 0.391 e. The summed E-state index contributed by atoms with van der Waals surface area (Å²) in [5, 5.41) is 19.0. The van der Waals surface area contributed by atoms with E-state index in [1.807, 2.05) is 0 Å². The second-order valence-electron chi connectivity index (χ2n) is 6.50. The Morgan fingerprint density at radius 2 is 1.04 bits per heavy atom. The molecule has 4 atom stereocenters. The fourth-order valence-corrected chi connectivity index (χ4v) is 2.86. The summed E-state index contributed by atoms with van der Waals surface area (Å²) < 4.78 is 22.2. The molecule has 2 heterocycles. The molecule has 0 saturated carbocycles. The van der Waals surface area contributed by atoms with Gasteiger partial charge < -0.3 is 29.2 Å². The lowest BCUT2D eigenvalue weighted by atomic mass is 10.1. The molecule has 0 aromatic carbocycles. The number of ether oxygens (including phenoxy) is 4. The van der Waals surface area contributed by atoms with Crippen LogP contribution in [0.25, 0.3) is 0 Å². The number of aliphatic hydroxyl groups is 2. The van der Waals surface area contributed by atoms with Crippen LogP contribution >= 0.6 is 0 Å². The first kappa shape index (κ1) is 19.1. The molecule has 2 rings (SSSR count). The van der Waals surface area contributed by atoms with Gasteiger partial charge in [-0.1, -0.05) is 19.3 Å². The average molecular weight is 332 g/mol. The minimum absolute atomic E-state index is 0.147. The molecular weight excluding hydrogens is 300 g/mol. The zero-order valence-electron chi connectivity index (χ0n) is 14.0. The Balaban J connectivity index is 1.42. The van der Waals surface area contributed by atoms with E-state index in [0.717, 1.165) is 38.5 Å². The standard InChI is InChI=1S/C17H32O6/c18-14-8-10-20-16(22-12-14)6-4-2-1-3-5-7-17-21-11-9-15(19)13-23-17/h14-19H,1-13H2. The van der Waals surface area contributed by atoms with Gasteiger partial charge in [-0.05, 0) is 38.5 Å². The first-order chi connectivity index (χ1) is 11.2. The highest BCUT2D eigenvalue weighted by molar-refractivity contribution is 4.61. The third kappa shape index (κ3) is 8.42. The summed E-state index contributed by atoms with van der Waals surface area (Å²) in [6.07, 6.45) is 7.77. The number of rotatable bonds is 8. The van der Waals surface area contributed by atoms with Crippen molar-refractivity contribution in [2.24, 2.45) is 0 Å². The van der Waals surface area contributed by atoms with E-state index in [9.17, 15) is 10.2 Å². The second kappa shape index (κ2) is 11.3. The van der Waals surface area contributed by atoms with Gasteiger partial charge in [-0.25, -0.2) is 0 Å². The number of hydrogen-bond donors (Lipinski definition) is 2. The van der Waals surface area contributed by atoms with Crippen LogP contribution in [0.15, 0.2) is 0 Å². The van der Waals surface area contributed by atoms with Crippen molar-refractivity contribution >= 4 is 0 Å². The maximum absolute atomic E-state index is 9.48.